The first-order chi connectivity index (χ1) is 15.5. The van der Waals surface area contributed by atoms with Crippen molar-refractivity contribution in [1.29, 1.82) is 0 Å². The second-order valence-electron chi connectivity index (χ2n) is 8.46. The molecule has 1 aliphatic rings. The van der Waals surface area contributed by atoms with Crippen molar-refractivity contribution in [2.45, 2.75) is 18.8 Å². The molecule has 32 heavy (non-hydrogen) atoms. The number of carbonyl (C=O) groups is 1. The quantitative estimate of drug-likeness (QED) is 0.359. The number of allylic oxidation sites excluding steroid dienone is 1. The topological polar surface area (TPSA) is 40.3 Å². The number of rotatable bonds is 5. The van der Waals surface area contributed by atoms with Gasteiger partial charge in [0.05, 0.1) is 5.41 Å². The summed E-state index contributed by atoms with van der Waals surface area (Å²) in [7, 11) is 2.13. The summed E-state index contributed by atoms with van der Waals surface area (Å²) in [6.07, 6.45) is 5.08. The molecular formula is C28H24NO2S+. The van der Waals surface area contributed by atoms with Crippen LogP contribution in [0.2, 0.25) is 0 Å². The van der Waals surface area contributed by atoms with Crippen LogP contribution in [0.3, 0.4) is 0 Å². The lowest BCUT2D eigenvalue weighted by molar-refractivity contribution is -0.401. The zero-order valence-electron chi connectivity index (χ0n) is 18.1. The lowest BCUT2D eigenvalue weighted by Crippen LogP contribution is -2.33. The molecule has 5 rings (SSSR count). The van der Waals surface area contributed by atoms with Crippen molar-refractivity contribution >= 4 is 45.6 Å². The maximum absolute atomic E-state index is 11.3. The van der Waals surface area contributed by atoms with Gasteiger partial charge < -0.3 is 5.11 Å². The number of aromatic carboxylic acids is 1. The van der Waals surface area contributed by atoms with Crippen LogP contribution in [0.15, 0.2) is 84.9 Å². The molecule has 1 atom stereocenters. The predicted molar refractivity (Wildman–Crippen MR) is 133 cm³/mol. The molecule has 3 aromatic carbocycles. The maximum atomic E-state index is 11.3. The van der Waals surface area contributed by atoms with Crippen molar-refractivity contribution in [3.05, 3.63) is 106 Å². The molecule has 0 radical (unpaired) electrons. The van der Waals surface area contributed by atoms with Gasteiger partial charge in [0.1, 0.15) is 11.9 Å². The number of carboxylic acid groups (broad SMARTS) is 1. The fourth-order valence-corrected chi connectivity index (χ4v) is 5.69. The Labute approximate surface area is 191 Å². The monoisotopic (exact) mass is 438 g/mol. The molecule has 158 valence electrons. The van der Waals surface area contributed by atoms with Gasteiger partial charge in [0.2, 0.25) is 5.69 Å². The van der Waals surface area contributed by atoms with E-state index in [2.05, 4.69) is 91.4 Å². The summed E-state index contributed by atoms with van der Waals surface area (Å²) >= 11 is 1.30. The molecule has 0 fully saturated rings. The highest BCUT2D eigenvalue weighted by molar-refractivity contribution is 7.14. The van der Waals surface area contributed by atoms with E-state index in [1.54, 1.807) is 6.07 Å². The highest BCUT2D eigenvalue weighted by atomic mass is 32.1. The minimum absolute atomic E-state index is 0.227. The van der Waals surface area contributed by atoms with E-state index in [-0.39, 0.29) is 5.41 Å². The summed E-state index contributed by atoms with van der Waals surface area (Å²) < 4.78 is 2.28. The first-order valence-corrected chi connectivity index (χ1v) is 11.5. The van der Waals surface area contributed by atoms with Gasteiger partial charge in [-0.25, -0.2) is 4.79 Å². The first kappa shape index (κ1) is 20.4. The van der Waals surface area contributed by atoms with Gasteiger partial charge in [0.15, 0.2) is 5.71 Å². The molecule has 3 nitrogen and oxygen atoms in total. The molecule has 4 aromatic rings. The molecule has 1 unspecified atom stereocenters. The molecule has 0 amide bonds. The van der Waals surface area contributed by atoms with E-state index in [1.807, 2.05) is 12.1 Å². The summed E-state index contributed by atoms with van der Waals surface area (Å²) in [6.45, 7) is 2.32. The molecular weight excluding hydrogens is 414 g/mol. The van der Waals surface area contributed by atoms with Gasteiger partial charge in [-0.05, 0) is 54.0 Å². The smallest absolute Gasteiger partial charge is 0.345 e. The molecule has 2 heterocycles. The van der Waals surface area contributed by atoms with Crippen LogP contribution in [-0.4, -0.2) is 28.4 Å². The Balaban J connectivity index is 1.66. The number of nitrogens with zero attached hydrogens (tertiary/aromatic N) is 1. The van der Waals surface area contributed by atoms with E-state index in [1.165, 1.54) is 44.6 Å². The Bertz CT molecular complexity index is 1400. The molecule has 1 N–H and O–H groups in total. The lowest BCUT2D eigenvalue weighted by atomic mass is 9.73. The third kappa shape index (κ3) is 3.37. The number of carboxylic acids is 1. The molecule has 0 saturated carbocycles. The lowest BCUT2D eigenvalue weighted by Gasteiger charge is -2.24. The number of hydrogen-bond donors (Lipinski definition) is 1. The number of fused-ring (bicyclic) bond motifs is 3. The maximum Gasteiger partial charge on any atom is 0.345 e. The van der Waals surface area contributed by atoms with Crippen molar-refractivity contribution in [2.75, 3.05) is 7.05 Å². The van der Waals surface area contributed by atoms with Gasteiger partial charge in [-0.3, -0.25) is 0 Å². The largest absolute Gasteiger partial charge is 0.477 e. The van der Waals surface area contributed by atoms with Crippen LogP contribution in [0.4, 0.5) is 5.69 Å². The molecule has 1 aromatic heterocycles. The third-order valence-electron chi connectivity index (χ3n) is 6.39. The highest BCUT2D eigenvalue weighted by Gasteiger charge is 2.47. The van der Waals surface area contributed by atoms with Gasteiger partial charge in [-0.15, -0.1) is 11.3 Å². The number of hydrogen-bond acceptors (Lipinski definition) is 2. The predicted octanol–water partition coefficient (Wildman–Crippen LogP) is 6.54. The van der Waals surface area contributed by atoms with Crippen LogP contribution >= 0.6 is 11.3 Å². The zero-order valence-corrected chi connectivity index (χ0v) is 18.9. The Morgan fingerprint density at radius 3 is 2.47 bits per heavy atom. The van der Waals surface area contributed by atoms with Gasteiger partial charge in [-0.1, -0.05) is 54.6 Å². The van der Waals surface area contributed by atoms with E-state index in [0.29, 0.717) is 4.88 Å². The SMILES string of the molecule is C[N+]1=C(/C=C/c2ccc(C(=O)O)s2)C(C)(Cc2ccccc2)c2c1ccc1ccccc21. The van der Waals surface area contributed by atoms with E-state index in [9.17, 15) is 9.90 Å². The summed E-state index contributed by atoms with van der Waals surface area (Å²) in [5.41, 5.74) is 4.84. The van der Waals surface area contributed by atoms with Crippen LogP contribution < -0.4 is 0 Å². The van der Waals surface area contributed by atoms with Gasteiger partial charge in [0, 0.05) is 22.6 Å². The molecule has 1 aliphatic heterocycles. The third-order valence-corrected chi connectivity index (χ3v) is 7.43. The Hall–Kier alpha value is -3.50. The van der Waals surface area contributed by atoms with Crippen LogP contribution in [0, 0.1) is 0 Å². The second-order valence-corrected chi connectivity index (χ2v) is 9.58. The van der Waals surface area contributed by atoms with Crippen LogP contribution in [0.25, 0.3) is 16.8 Å². The highest BCUT2D eigenvalue weighted by Crippen LogP contribution is 2.45. The fraction of sp³-hybridized carbons (Fsp3) is 0.143. The first-order valence-electron chi connectivity index (χ1n) is 10.7. The van der Waals surface area contributed by atoms with Gasteiger partial charge >= 0.3 is 5.97 Å². The summed E-state index contributed by atoms with van der Waals surface area (Å²) in [6, 6.07) is 27.2. The van der Waals surface area contributed by atoms with Gasteiger partial charge in [0.25, 0.3) is 0 Å². The van der Waals surface area contributed by atoms with E-state index in [4.69, 9.17) is 0 Å². The Kier molecular flexibility index (Phi) is 5.03. The van der Waals surface area contributed by atoms with Crippen molar-refractivity contribution in [1.82, 2.24) is 0 Å². The van der Waals surface area contributed by atoms with Crippen LogP contribution in [-0.2, 0) is 11.8 Å². The molecule has 4 heteroatoms. The van der Waals surface area contributed by atoms with E-state index < -0.39 is 5.97 Å². The van der Waals surface area contributed by atoms with Crippen molar-refractivity contribution < 1.29 is 14.5 Å². The number of thiophene rings is 1. The molecule has 0 aliphatic carbocycles. The fourth-order valence-electron chi connectivity index (χ4n) is 4.94. The second kappa shape index (κ2) is 7.88. The zero-order chi connectivity index (χ0) is 22.3. The van der Waals surface area contributed by atoms with Crippen molar-refractivity contribution in [3.63, 3.8) is 0 Å². The number of benzene rings is 3. The molecule has 0 spiro atoms. The standard InChI is InChI=1S/C28H23NO2S/c1-28(18-19-8-4-3-5-9-19)25(17-14-21-13-16-24(32-21)27(30)31)29(2)23-15-12-20-10-6-7-11-22(20)26(23)28/h3-17H,18H2,1-2H3/p+1/b17-14+. The van der Waals surface area contributed by atoms with E-state index in [0.717, 1.165) is 11.3 Å². The van der Waals surface area contributed by atoms with Crippen molar-refractivity contribution in [3.8, 4) is 0 Å². The van der Waals surface area contributed by atoms with Gasteiger partial charge in [-0.2, -0.15) is 4.58 Å². The molecule has 0 bridgehead atoms. The summed E-state index contributed by atoms with van der Waals surface area (Å²) in [5.74, 6) is -0.881. The summed E-state index contributed by atoms with van der Waals surface area (Å²) in [5, 5.41) is 11.8. The average Bonchev–Trinajstić information content (AvgIpc) is 3.35. The minimum atomic E-state index is -0.881. The Morgan fingerprint density at radius 1 is 0.969 bits per heavy atom. The van der Waals surface area contributed by atoms with Crippen molar-refractivity contribution in [2.24, 2.45) is 0 Å². The Morgan fingerprint density at radius 2 is 1.72 bits per heavy atom. The normalized spacial score (nSPS) is 17.9. The van der Waals surface area contributed by atoms with E-state index >= 15 is 0 Å². The van der Waals surface area contributed by atoms with Crippen LogP contribution in [0.1, 0.15) is 32.6 Å². The van der Waals surface area contributed by atoms with Crippen LogP contribution in [0.5, 0.6) is 0 Å². The summed E-state index contributed by atoms with van der Waals surface area (Å²) in [4.78, 5) is 12.6. The minimum Gasteiger partial charge on any atom is -0.477 e. The molecule has 0 saturated heterocycles. The average molecular weight is 439 g/mol.